The van der Waals surface area contributed by atoms with Crippen LogP contribution in [0.15, 0.2) is 255 Å². The van der Waals surface area contributed by atoms with Crippen LogP contribution in [0.2, 0.25) is 0 Å². The van der Waals surface area contributed by atoms with Crippen molar-refractivity contribution in [1.29, 1.82) is 0 Å². The zero-order valence-electron chi connectivity index (χ0n) is 41.8. The van der Waals surface area contributed by atoms with Gasteiger partial charge in [-0.2, -0.15) is 0 Å². The monoisotopic (exact) mass is 948 g/mol. The van der Waals surface area contributed by atoms with Gasteiger partial charge in [-0.15, -0.1) is 0 Å². The van der Waals surface area contributed by atoms with Crippen molar-refractivity contribution in [2.75, 3.05) is 4.90 Å². The number of hydrogen-bond acceptors (Lipinski definition) is 1. The van der Waals surface area contributed by atoms with Gasteiger partial charge < -0.3 is 9.47 Å². The van der Waals surface area contributed by atoms with Crippen LogP contribution in [0, 0.1) is 0 Å². The van der Waals surface area contributed by atoms with Crippen molar-refractivity contribution in [3.05, 3.63) is 277 Å². The summed E-state index contributed by atoms with van der Waals surface area (Å²) >= 11 is 0. The first-order valence-corrected chi connectivity index (χ1v) is 26.6. The lowest BCUT2D eigenvalue weighted by Crippen LogP contribution is -2.22. The highest BCUT2D eigenvalue weighted by molar-refractivity contribution is 6.14. The molecule has 0 radical (unpaired) electrons. The molecule has 14 rings (SSSR count). The van der Waals surface area contributed by atoms with Gasteiger partial charge in [-0.1, -0.05) is 226 Å². The van der Waals surface area contributed by atoms with E-state index in [1.54, 1.807) is 0 Å². The second-order valence-corrected chi connectivity index (χ2v) is 20.7. The van der Waals surface area contributed by atoms with Crippen LogP contribution in [-0.2, 0) is 5.41 Å². The predicted molar refractivity (Wildman–Crippen MR) is 313 cm³/mol. The predicted octanol–water partition coefficient (Wildman–Crippen LogP) is 19.8. The lowest BCUT2D eigenvalue weighted by atomic mass is 9.74. The van der Waals surface area contributed by atoms with Crippen molar-refractivity contribution in [2.45, 2.75) is 50.4 Å². The maximum Gasteiger partial charge on any atom is 0.0619 e. The summed E-state index contributed by atoms with van der Waals surface area (Å²) < 4.78 is 2.45. The molecule has 0 aliphatic heterocycles. The number of benzene rings is 11. The average Bonchev–Trinajstić information content (AvgIpc) is 4.01. The average molecular weight is 949 g/mol. The van der Waals surface area contributed by atoms with Crippen LogP contribution < -0.4 is 4.90 Å². The molecule has 0 spiro atoms. The quantitative estimate of drug-likeness (QED) is 0.140. The summed E-state index contributed by atoms with van der Waals surface area (Å²) in [4.78, 5) is 2.51. The van der Waals surface area contributed by atoms with Crippen molar-refractivity contribution >= 4 is 49.6 Å². The fourth-order valence-electron chi connectivity index (χ4n) is 13.2. The largest absolute Gasteiger partial charge is 0.310 e. The summed E-state index contributed by atoms with van der Waals surface area (Å²) in [6.45, 7) is 2.40. The number of anilines is 3. The van der Waals surface area contributed by atoms with Crippen molar-refractivity contribution < 1.29 is 0 Å². The molecule has 2 nitrogen and oxygen atoms in total. The van der Waals surface area contributed by atoms with Crippen molar-refractivity contribution in [1.82, 2.24) is 4.57 Å². The molecule has 1 unspecified atom stereocenters. The molecule has 1 saturated carbocycles. The normalized spacial score (nSPS) is 15.4. The Morgan fingerprint density at radius 3 is 1.89 bits per heavy atom. The van der Waals surface area contributed by atoms with Crippen LogP contribution >= 0.6 is 0 Å². The van der Waals surface area contributed by atoms with Crippen molar-refractivity contribution in [3.63, 3.8) is 0 Å². The summed E-state index contributed by atoms with van der Waals surface area (Å²) in [6, 6.07) is 95.1. The summed E-state index contributed by atoms with van der Waals surface area (Å²) in [5.74, 6) is 0.562. The van der Waals surface area contributed by atoms with Gasteiger partial charge in [0.05, 0.1) is 16.7 Å². The van der Waals surface area contributed by atoms with Gasteiger partial charge in [-0.3, -0.25) is 0 Å². The van der Waals surface area contributed by atoms with E-state index in [2.05, 4.69) is 271 Å². The molecule has 2 heteroatoms. The smallest absolute Gasteiger partial charge is 0.0619 e. The van der Waals surface area contributed by atoms with E-state index in [4.69, 9.17) is 0 Å². The number of hydrogen-bond donors (Lipinski definition) is 0. The Kier molecular flexibility index (Phi) is 10.8. The van der Waals surface area contributed by atoms with E-state index in [0.29, 0.717) is 5.92 Å². The molecular formula is C72H56N2. The van der Waals surface area contributed by atoms with Crippen LogP contribution in [0.25, 0.3) is 82.8 Å². The Hall–Kier alpha value is -8.72. The Labute approximate surface area is 434 Å². The van der Waals surface area contributed by atoms with E-state index in [9.17, 15) is 0 Å². The van der Waals surface area contributed by atoms with Crippen LogP contribution in [0.5, 0.6) is 0 Å². The lowest BCUT2D eigenvalue weighted by molar-refractivity contribution is 0.445. The number of rotatable bonds is 9. The second-order valence-electron chi connectivity index (χ2n) is 20.7. The van der Waals surface area contributed by atoms with E-state index in [1.807, 2.05) is 0 Å². The van der Waals surface area contributed by atoms with Gasteiger partial charge in [0.1, 0.15) is 0 Å². The fraction of sp³-hybridized carbons (Fsp3) is 0.111. The Balaban J connectivity index is 0.965. The number of para-hydroxylation sites is 4. The lowest BCUT2D eigenvalue weighted by Gasteiger charge is -2.30. The molecular weight excluding hydrogens is 893 g/mol. The highest BCUT2D eigenvalue weighted by Crippen LogP contribution is 2.55. The topological polar surface area (TPSA) is 8.17 Å². The third kappa shape index (κ3) is 7.07. The highest BCUT2D eigenvalue weighted by atomic mass is 15.1. The summed E-state index contributed by atoms with van der Waals surface area (Å²) in [6.07, 6.45) is 6.42. The minimum absolute atomic E-state index is 0.271. The van der Waals surface area contributed by atoms with Gasteiger partial charge in [0, 0.05) is 44.4 Å². The van der Waals surface area contributed by atoms with Crippen molar-refractivity contribution in [3.8, 4) is 50.2 Å². The van der Waals surface area contributed by atoms with Gasteiger partial charge in [0.15, 0.2) is 0 Å². The van der Waals surface area contributed by atoms with Crippen LogP contribution in [0.3, 0.4) is 0 Å². The maximum atomic E-state index is 2.51. The molecule has 1 atom stereocenters. The van der Waals surface area contributed by atoms with Gasteiger partial charge in [0.2, 0.25) is 0 Å². The zero-order chi connectivity index (χ0) is 49.2. The SMILES string of the molecule is CC1(c2ccccc2)c2ccccc2-c2c(-c3ccc(N(c4cccc(-c5cccc6c7ccccc7n(-c7ccccc7)c56)c4)c4ccccc4-c4cccc5cccc(C6CCCCC6)c45)cc3)cccc21. The first-order valence-electron chi connectivity index (χ1n) is 26.6. The molecule has 354 valence electrons. The van der Waals surface area contributed by atoms with E-state index < -0.39 is 0 Å². The molecule has 1 heterocycles. The molecule has 0 bridgehead atoms. The standard InChI is InChI=1S/C72H56N2/c1-72(53-27-7-3-8-28-53)65-40-14-11-34-64(65)70-58(36-21-41-66(70)72)50-44-46-55(47-45-50)73(67-42-15-12-32-60(67)62-38-19-25-51-24-18-35-57(69(51)62)49-22-5-2-6-23-49)56-31-17-26-52(48-56)59-37-20-39-63-61-33-13-16-43-68(61)74(71(59)63)54-29-9-4-10-30-54/h3-4,7-21,24-49H,2,5-6,22-23H2,1H3. The molecule has 2 aliphatic carbocycles. The molecule has 0 N–H and O–H groups in total. The minimum atomic E-state index is -0.271. The summed E-state index contributed by atoms with van der Waals surface area (Å²) in [7, 11) is 0. The van der Waals surface area contributed by atoms with Gasteiger partial charge in [0.25, 0.3) is 0 Å². The molecule has 74 heavy (non-hydrogen) atoms. The molecule has 0 saturated heterocycles. The second kappa shape index (κ2) is 18.1. The number of aromatic nitrogens is 1. The van der Waals surface area contributed by atoms with E-state index in [1.165, 1.54) is 126 Å². The van der Waals surface area contributed by atoms with Crippen LogP contribution in [0.4, 0.5) is 17.1 Å². The molecule has 12 aromatic rings. The molecule has 1 aromatic heterocycles. The van der Waals surface area contributed by atoms with Gasteiger partial charge in [-0.05, 0) is 141 Å². The van der Waals surface area contributed by atoms with E-state index >= 15 is 0 Å². The van der Waals surface area contributed by atoms with E-state index in [-0.39, 0.29) is 5.41 Å². The third-order valence-electron chi connectivity index (χ3n) is 16.7. The third-order valence-corrected chi connectivity index (χ3v) is 16.7. The van der Waals surface area contributed by atoms with E-state index in [0.717, 1.165) is 28.3 Å². The molecule has 11 aromatic carbocycles. The molecule has 1 fully saturated rings. The van der Waals surface area contributed by atoms with Crippen molar-refractivity contribution in [2.24, 2.45) is 0 Å². The Morgan fingerprint density at radius 1 is 0.432 bits per heavy atom. The Morgan fingerprint density at radius 2 is 1.05 bits per heavy atom. The van der Waals surface area contributed by atoms with Gasteiger partial charge >= 0.3 is 0 Å². The molecule has 2 aliphatic rings. The summed E-state index contributed by atoms with van der Waals surface area (Å²) in [5, 5.41) is 5.19. The van der Waals surface area contributed by atoms with Gasteiger partial charge in [-0.25, -0.2) is 0 Å². The van der Waals surface area contributed by atoms with Crippen LogP contribution in [0.1, 0.15) is 67.2 Å². The highest BCUT2D eigenvalue weighted by Gasteiger charge is 2.41. The first-order chi connectivity index (χ1) is 36.6. The summed E-state index contributed by atoms with van der Waals surface area (Å²) in [5.41, 5.74) is 22.1. The minimum Gasteiger partial charge on any atom is -0.310 e. The maximum absolute atomic E-state index is 2.51. The first kappa shape index (κ1) is 44.0. The number of fused-ring (bicyclic) bond motifs is 7. The number of nitrogens with zero attached hydrogens (tertiary/aromatic N) is 2. The Bertz CT molecular complexity index is 4060. The molecule has 0 amide bonds. The van der Waals surface area contributed by atoms with Crippen LogP contribution in [-0.4, -0.2) is 4.57 Å². The zero-order valence-corrected chi connectivity index (χ0v) is 41.8. The fourth-order valence-corrected chi connectivity index (χ4v) is 13.2.